The molecule has 0 unspecified atom stereocenters. The zero-order valence-electron chi connectivity index (χ0n) is 6.18. The third-order valence-electron chi connectivity index (χ3n) is 1.87. The van der Waals surface area contributed by atoms with E-state index in [1.807, 2.05) is 12.1 Å². The van der Waals surface area contributed by atoms with E-state index in [4.69, 9.17) is 22.1 Å². The monoisotopic (exact) mass is 295 g/mol. The molecule has 0 spiro atoms. The van der Waals surface area contributed by atoms with Crippen LogP contribution in [0, 0.1) is 3.57 Å². The number of rotatable bonds is 0. The van der Waals surface area contributed by atoms with Crippen molar-refractivity contribution in [2.75, 3.05) is 6.61 Å². The summed E-state index contributed by atoms with van der Waals surface area (Å²) in [6.45, 7) is 0.537. The van der Waals surface area contributed by atoms with Gasteiger partial charge < -0.3 is 10.5 Å². The van der Waals surface area contributed by atoms with E-state index >= 15 is 0 Å². The molecule has 1 atom stereocenters. The highest BCUT2D eigenvalue weighted by atomic mass is 127. The second-order valence-corrected chi connectivity index (χ2v) is 4.26. The van der Waals surface area contributed by atoms with E-state index in [0.29, 0.717) is 11.6 Å². The topological polar surface area (TPSA) is 35.2 Å². The minimum absolute atomic E-state index is 0.0226. The van der Waals surface area contributed by atoms with Crippen LogP contribution in [0.2, 0.25) is 5.02 Å². The molecule has 0 aromatic heterocycles. The maximum Gasteiger partial charge on any atom is 0.143 e. The van der Waals surface area contributed by atoms with Gasteiger partial charge in [-0.1, -0.05) is 11.6 Å². The van der Waals surface area contributed by atoms with Crippen molar-refractivity contribution >= 4 is 34.2 Å². The number of benzene rings is 1. The van der Waals surface area contributed by atoms with Gasteiger partial charge >= 0.3 is 0 Å². The molecule has 1 aromatic rings. The predicted molar refractivity (Wildman–Crippen MR) is 56.6 cm³/mol. The first-order chi connectivity index (χ1) is 5.70. The lowest BCUT2D eigenvalue weighted by Crippen LogP contribution is -2.11. The zero-order chi connectivity index (χ0) is 8.72. The van der Waals surface area contributed by atoms with Crippen molar-refractivity contribution in [1.29, 1.82) is 0 Å². The average molecular weight is 296 g/mol. The first kappa shape index (κ1) is 8.59. The Labute approximate surface area is 89.2 Å². The van der Waals surface area contributed by atoms with Crippen LogP contribution < -0.4 is 10.5 Å². The molecule has 12 heavy (non-hydrogen) atoms. The summed E-state index contributed by atoms with van der Waals surface area (Å²) in [6.07, 6.45) is 0. The van der Waals surface area contributed by atoms with E-state index in [0.717, 1.165) is 14.9 Å². The molecular formula is C8H7ClINO. The summed E-state index contributed by atoms with van der Waals surface area (Å²) in [5.74, 6) is 0.760. The molecule has 0 bridgehead atoms. The predicted octanol–water partition coefficient (Wildman–Crippen LogP) is 2.34. The van der Waals surface area contributed by atoms with E-state index < -0.39 is 0 Å². The van der Waals surface area contributed by atoms with Crippen LogP contribution in [0.3, 0.4) is 0 Å². The Hall–Kier alpha value is -0.000000000000000111. The van der Waals surface area contributed by atoms with Gasteiger partial charge in [-0.05, 0) is 34.7 Å². The minimum Gasteiger partial charge on any atom is -0.490 e. The molecule has 2 rings (SSSR count). The fourth-order valence-corrected chi connectivity index (χ4v) is 2.34. The van der Waals surface area contributed by atoms with Gasteiger partial charge in [0.15, 0.2) is 0 Å². The second kappa shape index (κ2) is 3.05. The molecule has 2 nitrogen and oxygen atoms in total. The van der Waals surface area contributed by atoms with Crippen LogP contribution in [0.15, 0.2) is 12.1 Å². The number of fused-ring (bicyclic) bond motifs is 1. The first-order valence-corrected chi connectivity index (χ1v) is 5.02. The largest absolute Gasteiger partial charge is 0.490 e. The van der Waals surface area contributed by atoms with Gasteiger partial charge in [-0.15, -0.1) is 0 Å². The highest BCUT2D eigenvalue weighted by Gasteiger charge is 2.25. The molecule has 4 heteroatoms. The molecule has 0 fully saturated rings. The van der Waals surface area contributed by atoms with E-state index in [9.17, 15) is 0 Å². The van der Waals surface area contributed by atoms with Crippen LogP contribution in [0.4, 0.5) is 0 Å². The van der Waals surface area contributed by atoms with Crippen molar-refractivity contribution in [3.05, 3.63) is 26.3 Å². The number of hydrogen-bond donors (Lipinski definition) is 1. The normalized spacial score (nSPS) is 20.4. The standard InChI is InChI=1S/C8H7ClINO/c9-4-1-2-5(10)7-6(11)3-12-8(4)7/h1-2,6H,3,11H2/t6-/m1/s1. The third-order valence-corrected chi connectivity index (χ3v) is 3.11. The van der Waals surface area contributed by atoms with Crippen LogP contribution in [-0.2, 0) is 0 Å². The van der Waals surface area contributed by atoms with Gasteiger partial charge in [-0.25, -0.2) is 0 Å². The Morgan fingerprint density at radius 2 is 2.33 bits per heavy atom. The van der Waals surface area contributed by atoms with Gasteiger partial charge in [0.25, 0.3) is 0 Å². The third kappa shape index (κ3) is 1.20. The molecule has 0 aliphatic carbocycles. The lowest BCUT2D eigenvalue weighted by Gasteiger charge is -2.04. The van der Waals surface area contributed by atoms with Crippen LogP contribution >= 0.6 is 34.2 Å². The molecule has 64 valence electrons. The summed E-state index contributed by atoms with van der Waals surface area (Å²) in [5, 5.41) is 0.651. The van der Waals surface area contributed by atoms with Crippen LogP contribution in [-0.4, -0.2) is 6.61 Å². The van der Waals surface area contributed by atoms with Crippen molar-refractivity contribution in [2.45, 2.75) is 6.04 Å². The van der Waals surface area contributed by atoms with Gasteiger partial charge in [0.1, 0.15) is 12.4 Å². The SMILES string of the molecule is N[C@@H]1COc2c(Cl)ccc(I)c21. The maximum atomic E-state index is 5.92. The second-order valence-electron chi connectivity index (χ2n) is 2.69. The molecule has 0 saturated heterocycles. The Balaban J connectivity index is 2.64. The number of halogens is 2. The van der Waals surface area contributed by atoms with Crippen molar-refractivity contribution < 1.29 is 4.74 Å². The smallest absolute Gasteiger partial charge is 0.143 e. The highest BCUT2D eigenvalue weighted by molar-refractivity contribution is 14.1. The number of nitrogens with two attached hydrogens (primary N) is 1. The molecule has 1 aromatic carbocycles. The van der Waals surface area contributed by atoms with Crippen molar-refractivity contribution in [2.24, 2.45) is 5.73 Å². The molecule has 0 saturated carbocycles. The molecule has 1 aliphatic heterocycles. The summed E-state index contributed by atoms with van der Waals surface area (Å²) in [7, 11) is 0. The Kier molecular flexibility index (Phi) is 2.18. The Bertz CT molecular complexity index is 329. The summed E-state index contributed by atoms with van der Waals surface area (Å²) in [4.78, 5) is 0. The lowest BCUT2D eigenvalue weighted by molar-refractivity contribution is 0.333. The quantitative estimate of drug-likeness (QED) is 0.746. The van der Waals surface area contributed by atoms with E-state index in [-0.39, 0.29) is 6.04 Å². The fraction of sp³-hybridized carbons (Fsp3) is 0.250. The van der Waals surface area contributed by atoms with Gasteiger partial charge in [0, 0.05) is 9.13 Å². The van der Waals surface area contributed by atoms with Crippen molar-refractivity contribution in [3.8, 4) is 5.75 Å². The summed E-state index contributed by atoms with van der Waals surface area (Å²) < 4.78 is 6.48. The molecule has 0 amide bonds. The van der Waals surface area contributed by atoms with Gasteiger partial charge in [-0.3, -0.25) is 0 Å². The first-order valence-electron chi connectivity index (χ1n) is 3.56. The van der Waals surface area contributed by atoms with E-state index in [1.165, 1.54) is 0 Å². The minimum atomic E-state index is -0.0226. The molecule has 0 radical (unpaired) electrons. The fourth-order valence-electron chi connectivity index (χ4n) is 1.30. The van der Waals surface area contributed by atoms with E-state index in [1.54, 1.807) is 0 Å². The number of ether oxygens (including phenoxy) is 1. The van der Waals surface area contributed by atoms with Gasteiger partial charge in [0.05, 0.1) is 11.1 Å². The van der Waals surface area contributed by atoms with Gasteiger partial charge in [0.2, 0.25) is 0 Å². The summed E-state index contributed by atoms with van der Waals surface area (Å²) in [5.41, 5.74) is 6.87. The molecule has 2 N–H and O–H groups in total. The Morgan fingerprint density at radius 3 is 3.00 bits per heavy atom. The van der Waals surface area contributed by atoms with Crippen LogP contribution in [0.25, 0.3) is 0 Å². The van der Waals surface area contributed by atoms with Gasteiger partial charge in [-0.2, -0.15) is 0 Å². The van der Waals surface area contributed by atoms with Crippen molar-refractivity contribution in [3.63, 3.8) is 0 Å². The molecule has 1 aliphatic rings. The average Bonchev–Trinajstić information content (AvgIpc) is 2.42. The van der Waals surface area contributed by atoms with Crippen molar-refractivity contribution in [1.82, 2.24) is 0 Å². The van der Waals surface area contributed by atoms with E-state index in [2.05, 4.69) is 22.6 Å². The lowest BCUT2D eigenvalue weighted by atomic mass is 10.1. The molecular weight excluding hydrogens is 288 g/mol. The summed E-state index contributed by atoms with van der Waals surface area (Å²) >= 11 is 8.16. The maximum absolute atomic E-state index is 5.92. The van der Waals surface area contributed by atoms with Crippen LogP contribution in [0.1, 0.15) is 11.6 Å². The Morgan fingerprint density at radius 1 is 1.58 bits per heavy atom. The number of hydrogen-bond acceptors (Lipinski definition) is 2. The molecule has 1 heterocycles. The zero-order valence-corrected chi connectivity index (χ0v) is 9.09. The summed E-state index contributed by atoms with van der Waals surface area (Å²) in [6, 6.07) is 3.77. The highest BCUT2D eigenvalue weighted by Crippen LogP contribution is 2.39. The van der Waals surface area contributed by atoms with Crippen LogP contribution in [0.5, 0.6) is 5.75 Å².